The molecule has 2 saturated carbocycles. The van der Waals surface area contributed by atoms with Crippen LogP contribution in [0.15, 0.2) is 24.8 Å². The summed E-state index contributed by atoms with van der Waals surface area (Å²) < 4.78 is 16.7. The molecule has 6 aromatic heterocycles. The Morgan fingerprint density at radius 2 is 0.931 bits per heavy atom. The number of hydrogen-bond donors (Lipinski definition) is 2. The van der Waals surface area contributed by atoms with Gasteiger partial charge in [-0.05, 0) is 79.1 Å². The highest BCUT2D eigenvalue weighted by atomic mass is 16.5. The topological polar surface area (TPSA) is 216 Å². The van der Waals surface area contributed by atoms with Crippen LogP contribution >= 0.6 is 0 Å². The van der Waals surface area contributed by atoms with Crippen LogP contribution in [0.25, 0.3) is 45.1 Å². The average Bonchev–Trinajstić information content (AvgIpc) is 4.00. The molecule has 300 valence electrons. The van der Waals surface area contributed by atoms with Gasteiger partial charge >= 0.3 is 0 Å². The van der Waals surface area contributed by atoms with Gasteiger partial charge in [0, 0.05) is 50.0 Å². The number of nitrogens with two attached hydrogens (primary N) is 2. The standard InChI is InChI=1S/2C20H24N8O/c2*1-10-8-28-17-14(24-18(28)20(2,3)29-10)16(27-9-11-4-13(27)5-11)25-15(26-17)12-6-22-19(21)23-7-12/h2*6-7,10-11,13H,4-5,8-9H2,1-3H3,(H2,21,22,23)/t2*10-,11?,13?/m10/s1. The maximum Gasteiger partial charge on any atom is 0.219 e. The molecule has 0 unspecified atom stereocenters. The second-order valence-electron chi connectivity index (χ2n) is 18.0. The van der Waals surface area contributed by atoms with E-state index in [9.17, 15) is 0 Å². The summed E-state index contributed by atoms with van der Waals surface area (Å²) in [4.78, 5) is 51.0. The maximum absolute atomic E-state index is 6.17. The molecular weight excluding hydrogens is 737 g/mol. The average molecular weight is 785 g/mol. The van der Waals surface area contributed by atoms with Gasteiger partial charge in [-0.1, -0.05) is 0 Å². The zero-order valence-corrected chi connectivity index (χ0v) is 33.7. The number of nitrogen functional groups attached to an aromatic ring is 2. The number of ether oxygens (including phenoxy) is 2. The van der Waals surface area contributed by atoms with E-state index in [1.807, 2.05) is 0 Å². The number of fused-ring (bicyclic) bond motifs is 8. The first-order valence-electron chi connectivity index (χ1n) is 20.4. The molecule has 0 radical (unpaired) electrons. The van der Waals surface area contributed by atoms with Crippen molar-refractivity contribution in [2.75, 3.05) is 34.4 Å². The molecule has 2 atom stereocenters. The molecule has 6 aliphatic heterocycles. The van der Waals surface area contributed by atoms with E-state index >= 15 is 0 Å². The summed E-state index contributed by atoms with van der Waals surface area (Å²) in [7, 11) is 0. The molecule has 2 aliphatic carbocycles. The van der Waals surface area contributed by atoms with Crippen molar-refractivity contribution < 1.29 is 9.47 Å². The van der Waals surface area contributed by atoms with Gasteiger partial charge in [-0.15, -0.1) is 0 Å². The van der Waals surface area contributed by atoms with Crippen LogP contribution in [0, 0.1) is 11.8 Å². The predicted molar refractivity (Wildman–Crippen MR) is 216 cm³/mol. The minimum absolute atomic E-state index is 0.0798. The molecule has 4 N–H and O–H groups in total. The molecular formula is C40H48N16O2. The van der Waals surface area contributed by atoms with Gasteiger partial charge < -0.3 is 39.9 Å². The first-order chi connectivity index (χ1) is 27.8. The minimum atomic E-state index is -0.479. The summed E-state index contributed by atoms with van der Waals surface area (Å²) in [5.74, 6) is 6.86. The second kappa shape index (κ2) is 12.4. The highest BCUT2D eigenvalue weighted by molar-refractivity contribution is 5.88. The number of imidazole rings is 2. The largest absolute Gasteiger partial charge is 0.368 e. The van der Waals surface area contributed by atoms with Gasteiger partial charge in [-0.25, -0.2) is 49.8 Å². The molecule has 6 fully saturated rings. The molecule has 14 rings (SSSR count). The summed E-state index contributed by atoms with van der Waals surface area (Å²) in [5.41, 5.74) is 15.3. The molecule has 4 bridgehead atoms. The molecule has 58 heavy (non-hydrogen) atoms. The van der Waals surface area contributed by atoms with E-state index in [4.69, 9.17) is 50.8 Å². The van der Waals surface area contributed by atoms with Crippen LogP contribution in [-0.2, 0) is 33.8 Å². The number of hydrogen-bond acceptors (Lipinski definition) is 16. The number of rotatable bonds is 4. The third kappa shape index (κ3) is 5.58. The molecule has 18 heteroatoms. The lowest BCUT2D eigenvalue weighted by Crippen LogP contribution is -2.38. The Labute approximate surface area is 334 Å². The van der Waals surface area contributed by atoms with Crippen LogP contribution in [0.1, 0.15) is 78.9 Å². The SMILES string of the molecule is C[C@@H]1Cn2c(nc3c(N4CC5CC4C5)nc(-c4cnc(N)nc4)nc32)C(C)(C)O1.C[C@H]1Cn2c(nc3c(N4CC5CC4C5)nc(-c4cnc(N)nc4)nc32)C(C)(C)O1. The third-order valence-electron chi connectivity index (χ3n) is 12.7. The Kier molecular flexibility index (Phi) is 7.62. The summed E-state index contributed by atoms with van der Waals surface area (Å²) >= 11 is 0. The molecule has 0 amide bonds. The van der Waals surface area contributed by atoms with E-state index in [1.165, 1.54) is 25.7 Å². The summed E-state index contributed by atoms with van der Waals surface area (Å²) in [6.45, 7) is 15.9. The summed E-state index contributed by atoms with van der Waals surface area (Å²) in [6, 6.07) is 1.10. The Balaban J connectivity index is 0.000000133. The minimum Gasteiger partial charge on any atom is -0.368 e. The first-order valence-corrected chi connectivity index (χ1v) is 20.4. The fraction of sp³-hybridized carbons (Fsp3) is 0.550. The van der Waals surface area contributed by atoms with Crippen molar-refractivity contribution in [2.24, 2.45) is 11.8 Å². The zero-order valence-electron chi connectivity index (χ0n) is 33.7. The molecule has 8 aliphatic rings. The van der Waals surface area contributed by atoms with Crippen molar-refractivity contribution in [2.45, 2.75) is 116 Å². The Bertz CT molecular complexity index is 2410. The van der Waals surface area contributed by atoms with Crippen molar-refractivity contribution in [3.05, 3.63) is 36.4 Å². The van der Waals surface area contributed by atoms with Gasteiger partial charge in [0.1, 0.15) is 22.9 Å². The van der Waals surface area contributed by atoms with E-state index in [2.05, 4.69) is 80.4 Å². The zero-order chi connectivity index (χ0) is 39.8. The van der Waals surface area contributed by atoms with E-state index in [0.29, 0.717) is 23.7 Å². The normalized spacial score (nSPS) is 27.1. The van der Waals surface area contributed by atoms with Crippen molar-refractivity contribution in [1.82, 2.24) is 59.0 Å². The van der Waals surface area contributed by atoms with E-state index in [0.717, 1.165) is 94.8 Å². The lowest BCUT2D eigenvalue weighted by atomic mass is 9.86. The molecule has 0 spiro atoms. The van der Waals surface area contributed by atoms with Crippen molar-refractivity contribution in [3.63, 3.8) is 0 Å². The van der Waals surface area contributed by atoms with E-state index in [-0.39, 0.29) is 24.1 Å². The summed E-state index contributed by atoms with van der Waals surface area (Å²) in [6.07, 6.45) is 11.8. The quantitative estimate of drug-likeness (QED) is 0.256. The van der Waals surface area contributed by atoms with Gasteiger partial charge in [0.15, 0.2) is 45.6 Å². The predicted octanol–water partition coefficient (Wildman–Crippen LogP) is 4.24. The van der Waals surface area contributed by atoms with Crippen LogP contribution in [0.4, 0.5) is 23.5 Å². The van der Waals surface area contributed by atoms with Gasteiger partial charge in [0.05, 0.1) is 36.4 Å². The van der Waals surface area contributed by atoms with Crippen molar-refractivity contribution in [1.29, 1.82) is 0 Å². The van der Waals surface area contributed by atoms with Gasteiger partial charge in [-0.2, -0.15) is 0 Å². The molecule has 18 nitrogen and oxygen atoms in total. The van der Waals surface area contributed by atoms with Crippen LogP contribution in [0.3, 0.4) is 0 Å². The maximum atomic E-state index is 6.17. The molecule has 0 aromatic carbocycles. The molecule has 12 heterocycles. The van der Waals surface area contributed by atoms with Gasteiger partial charge in [-0.3, -0.25) is 0 Å². The van der Waals surface area contributed by atoms with Gasteiger partial charge in [0.25, 0.3) is 0 Å². The number of aromatic nitrogens is 12. The Morgan fingerprint density at radius 3 is 1.28 bits per heavy atom. The fourth-order valence-corrected chi connectivity index (χ4v) is 10.1. The highest BCUT2D eigenvalue weighted by Crippen LogP contribution is 2.47. The number of anilines is 4. The summed E-state index contributed by atoms with van der Waals surface area (Å²) in [5, 5.41) is 0. The molecule has 4 saturated heterocycles. The van der Waals surface area contributed by atoms with E-state index < -0.39 is 11.2 Å². The van der Waals surface area contributed by atoms with Crippen LogP contribution in [0.5, 0.6) is 0 Å². The van der Waals surface area contributed by atoms with Crippen LogP contribution in [0.2, 0.25) is 0 Å². The number of nitrogens with zero attached hydrogens (tertiary/aromatic N) is 14. The van der Waals surface area contributed by atoms with Crippen molar-refractivity contribution >= 4 is 45.9 Å². The Hall–Kier alpha value is -5.62. The lowest BCUT2D eigenvalue weighted by molar-refractivity contribution is -0.101. The van der Waals surface area contributed by atoms with Gasteiger partial charge in [0.2, 0.25) is 11.9 Å². The first kappa shape index (κ1) is 35.5. The smallest absolute Gasteiger partial charge is 0.219 e. The third-order valence-corrected chi connectivity index (χ3v) is 12.7. The highest BCUT2D eigenvalue weighted by Gasteiger charge is 2.47. The second-order valence-corrected chi connectivity index (χ2v) is 18.0. The van der Waals surface area contributed by atoms with E-state index in [1.54, 1.807) is 24.8 Å². The van der Waals surface area contributed by atoms with Crippen LogP contribution in [-0.4, -0.2) is 96.4 Å². The van der Waals surface area contributed by atoms with Crippen molar-refractivity contribution in [3.8, 4) is 22.8 Å². The fourth-order valence-electron chi connectivity index (χ4n) is 10.1. The molecule has 6 aromatic rings. The van der Waals surface area contributed by atoms with Crippen LogP contribution < -0.4 is 21.3 Å². The monoisotopic (exact) mass is 784 g/mol. The Morgan fingerprint density at radius 1 is 0.552 bits per heavy atom. The lowest BCUT2D eigenvalue weighted by Gasteiger charge is -2.34.